The van der Waals surface area contributed by atoms with Crippen molar-refractivity contribution in [2.24, 2.45) is 0 Å². The van der Waals surface area contributed by atoms with E-state index in [-0.39, 0.29) is 12.0 Å². The maximum absolute atomic E-state index is 12.8. The van der Waals surface area contributed by atoms with E-state index in [1.54, 1.807) is 0 Å². The number of benzene rings is 1. The predicted octanol–water partition coefficient (Wildman–Crippen LogP) is 4.43. The van der Waals surface area contributed by atoms with Gasteiger partial charge in [-0.05, 0) is 46.9 Å². The van der Waals surface area contributed by atoms with Gasteiger partial charge < -0.3 is 5.11 Å². The maximum Gasteiger partial charge on any atom is 0.416 e. The van der Waals surface area contributed by atoms with Crippen LogP contribution in [0.15, 0.2) is 41.1 Å². The molecule has 0 saturated carbocycles. The molecule has 1 unspecified atom stereocenters. The third-order valence-electron chi connectivity index (χ3n) is 2.91. The number of rotatable bonds is 4. The molecule has 0 radical (unpaired) electrons. The van der Waals surface area contributed by atoms with Crippen LogP contribution in [-0.4, -0.2) is 5.11 Å². The van der Waals surface area contributed by atoms with Gasteiger partial charge in [-0.1, -0.05) is 18.2 Å². The van der Waals surface area contributed by atoms with Crippen LogP contribution in [0.2, 0.25) is 0 Å². The molecule has 0 fully saturated rings. The second-order valence-electron chi connectivity index (χ2n) is 4.27. The summed E-state index contributed by atoms with van der Waals surface area (Å²) in [6.07, 6.45) is -4.68. The van der Waals surface area contributed by atoms with Crippen LogP contribution in [-0.2, 0) is 12.6 Å². The lowest BCUT2D eigenvalue weighted by atomic mass is 9.97. The summed E-state index contributed by atoms with van der Waals surface area (Å²) in [6, 6.07) is 7.09. The Hall–Kier alpha value is -1.33. The minimum absolute atomic E-state index is 0.0507. The lowest BCUT2D eigenvalue weighted by Gasteiger charge is -2.17. The normalized spacial score (nSPS) is 13.5. The first kappa shape index (κ1) is 14.1. The highest BCUT2D eigenvalue weighted by Gasteiger charge is 2.34. The van der Waals surface area contributed by atoms with Crippen LogP contribution in [0.25, 0.3) is 0 Å². The van der Waals surface area contributed by atoms with Crippen LogP contribution in [0, 0.1) is 0 Å². The highest BCUT2D eigenvalue weighted by atomic mass is 32.1. The van der Waals surface area contributed by atoms with Gasteiger partial charge in [0, 0.05) is 0 Å². The molecule has 1 aromatic heterocycles. The fourth-order valence-electron chi connectivity index (χ4n) is 1.94. The van der Waals surface area contributed by atoms with E-state index in [4.69, 9.17) is 0 Å². The van der Waals surface area contributed by atoms with Crippen molar-refractivity contribution in [3.8, 4) is 0 Å². The summed E-state index contributed by atoms with van der Waals surface area (Å²) < 4.78 is 38.4. The van der Waals surface area contributed by atoms with Gasteiger partial charge in [0.15, 0.2) is 0 Å². The average Bonchev–Trinajstić information content (AvgIpc) is 2.88. The van der Waals surface area contributed by atoms with Gasteiger partial charge in [-0.25, -0.2) is 0 Å². The third-order valence-corrected chi connectivity index (χ3v) is 3.64. The van der Waals surface area contributed by atoms with E-state index in [1.807, 2.05) is 16.8 Å². The molecule has 1 aromatic carbocycles. The summed E-state index contributed by atoms with van der Waals surface area (Å²) in [5, 5.41) is 13.8. The van der Waals surface area contributed by atoms with Gasteiger partial charge in [-0.2, -0.15) is 24.5 Å². The molecule has 1 nitrogen and oxygen atoms in total. The summed E-state index contributed by atoms with van der Waals surface area (Å²) >= 11 is 1.53. The van der Waals surface area contributed by atoms with Crippen molar-refractivity contribution in [2.75, 3.05) is 0 Å². The number of aliphatic hydroxyl groups excluding tert-OH is 1. The largest absolute Gasteiger partial charge is 0.416 e. The van der Waals surface area contributed by atoms with Crippen LogP contribution in [0.3, 0.4) is 0 Å². The first-order chi connectivity index (χ1) is 8.98. The van der Waals surface area contributed by atoms with Crippen molar-refractivity contribution in [3.05, 3.63) is 57.8 Å². The monoisotopic (exact) mass is 286 g/mol. The number of aryl methyl sites for hydroxylation is 1. The van der Waals surface area contributed by atoms with E-state index < -0.39 is 17.8 Å². The number of halogens is 3. The predicted molar refractivity (Wildman–Crippen MR) is 69.0 cm³/mol. The molecule has 0 aliphatic rings. The van der Waals surface area contributed by atoms with Crippen molar-refractivity contribution in [1.29, 1.82) is 0 Å². The highest BCUT2D eigenvalue weighted by molar-refractivity contribution is 7.07. The molecule has 1 N–H and O–H groups in total. The zero-order valence-electron chi connectivity index (χ0n) is 10.0. The molecule has 102 valence electrons. The third kappa shape index (κ3) is 3.58. The first-order valence-electron chi connectivity index (χ1n) is 5.84. The fourth-order valence-corrected chi connectivity index (χ4v) is 2.64. The van der Waals surface area contributed by atoms with Crippen molar-refractivity contribution in [3.63, 3.8) is 0 Å². The first-order valence-corrected chi connectivity index (χ1v) is 6.78. The fraction of sp³-hybridized carbons (Fsp3) is 0.286. The second kappa shape index (κ2) is 5.75. The number of alkyl halides is 3. The van der Waals surface area contributed by atoms with E-state index >= 15 is 0 Å². The lowest BCUT2D eigenvalue weighted by molar-refractivity contribution is -0.139. The molecule has 0 spiro atoms. The van der Waals surface area contributed by atoms with E-state index in [0.29, 0.717) is 6.42 Å². The van der Waals surface area contributed by atoms with Gasteiger partial charge in [-0.3, -0.25) is 0 Å². The summed E-state index contributed by atoms with van der Waals surface area (Å²) in [5.74, 6) is 0. The van der Waals surface area contributed by atoms with Gasteiger partial charge in [0.2, 0.25) is 0 Å². The molecular formula is C14H13F3OS. The van der Waals surface area contributed by atoms with Crippen LogP contribution >= 0.6 is 11.3 Å². The van der Waals surface area contributed by atoms with Crippen molar-refractivity contribution < 1.29 is 18.3 Å². The lowest BCUT2D eigenvalue weighted by Crippen LogP contribution is -2.12. The molecule has 1 heterocycles. The van der Waals surface area contributed by atoms with Crippen molar-refractivity contribution >= 4 is 11.3 Å². The van der Waals surface area contributed by atoms with Gasteiger partial charge in [-0.15, -0.1) is 0 Å². The van der Waals surface area contributed by atoms with E-state index in [0.717, 1.165) is 11.6 Å². The minimum atomic E-state index is -4.43. The molecule has 0 aliphatic heterocycles. The number of aliphatic hydroxyl groups is 1. The second-order valence-corrected chi connectivity index (χ2v) is 5.05. The standard InChI is InChI=1S/C14H13F3OS/c15-14(16,17)12-4-2-1-3-11(12)13(18)6-5-10-7-8-19-9-10/h1-4,7-9,13,18H,5-6H2. The Morgan fingerprint density at radius 3 is 2.53 bits per heavy atom. The molecule has 2 aromatic rings. The number of thiophene rings is 1. The van der Waals surface area contributed by atoms with E-state index in [1.165, 1.54) is 29.5 Å². The Bertz CT molecular complexity index is 520. The molecule has 0 saturated heterocycles. The molecule has 19 heavy (non-hydrogen) atoms. The number of hydrogen-bond donors (Lipinski definition) is 1. The SMILES string of the molecule is OC(CCc1ccsc1)c1ccccc1C(F)(F)F. The summed E-state index contributed by atoms with van der Waals surface area (Å²) in [7, 11) is 0. The highest BCUT2D eigenvalue weighted by Crippen LogP contribution is 2.35. The molecule has 2 rings (SSSR count). The minimum Gasteiger partial charge on any atom is -0.388 e. The maximum atomic E-state index is 12.8. The van der Waals surface area contributed by atoms with Crippen LogP contribution < -0.4 is 0 Å². The smallest absolute Gasteiger partial charge is 0.388 e. The van der Waals surface area contributed by atoms with Crippen molar-refractivity contribution in [2.45, 2.75) is 25.1 Å². The topological polar surface area (TPSA) is 20.2 Å². The molecular weight excluding hydrogens is 273 g/mol. The van der Waals surface area contributed by atoms with Crippen LogP contribution in [0.1, 0.15) is 29.2 Å². The Morgan fingerprint density at radius 1 is 1.16 bits per heavy atom. The Morgan fingerprint density at radius 2 is 1.89 bits per heavy atom. The Labute approximate surface area is 113 Å². The van der Waals surface area contributed by atoms with Crippen molar-refractivity contribution in [1.82, 2.24) is 0 Å². The molecule has 1 atom stereocenters. The van der Waals surface area contributed by atoms with E-state index in [2.05, 4.69) is 0 Å². The summed E-state index contributed by atoms with van der Waals surface area (Å²) in [4.78, 5) is 0. The van der Waals surface area contributed by atoms with Gasteiger partial charge in [0.05, 0.1) is 11.7 Å². The molecule has 0 bridgehead atoms. The van der Waals surface area contributed by atoms with Crippen LogP contribution in [0.5, 0.6) is 0 Å². The van der Waals surface area contributed by atoms with Gasteiger partial charge >= 0.3 is 6.18 Å². The van der Waals surface area contributed by atoms with Gasteiger partial charge in [0.25, 0.3) is 0 Å². The average molecular weight is 286 g/mol. The Kier molecular flexibility index (Phi) is 4.27. The summed E-state index contributed by atoms with van der Waals surface area (Å²) in [5.41, 5.74) is 0.228. The zero-order chi connectivity index (χ0) is 13.9. The number of hydrogen-bond acceptors (Lipinski definition) is 2. The zero-order valence-corrected chi connectivity index (χ0v) is 10.8. The molecule has 5 heteroatoms. The van der Waals surface area contributed by atoms with Gasteiger partial charge in [0.1, 0.15) is 0 Å². The molecule has 0 aliphatic carbocycles. The molecule has 0 amide bonds. The Balaban J connectivity index is 2.12. The van der Waals surface area contributed by atoms with E-state index in [9.17, 15) is 18.3 Å². The van der Waals surface area contributed by atoms with Crippen LogP contribution in [0.4, 0.5) is 13.2 Å². The summed E-state index contributed by atoms with van der Waals surface area (Å²) in [6.45, 7) is 0. The quantitative estimate of drug-likeness (QED) is 0.881.